The molecule has 0 unspecified atom stereocenters. The van der Waals surface area contributed by atoms with Gasteiger partial charge in [0.25, 0.3) is 0 Å². The van der Waals surface area contributed by atoms with Crippen molar-refractivity contribution in [3.05, 3.63) is 308 Å². The Kier molecular flexibility index (Phi) is 19.8. The highest BCUT2D eigenvalue weighted by Crippen LogP contribution is 2.37. The molecule has 0 N–H and O–H groups in total. The standard InChI is InChI=1S/C26H32N.3C23H26N/c1-18-14-25(27(7)17-22(18)16-26(4,5)6)24-15-23(19(2)13-20(24)3)21-11-9-8-10-12-21;2*1-6-19-15-24(5)23(13-16(19)2)22-14-21(17(3)12-18(22)4)20-10-8-7-9-11-20;1-6-19-13-23(24(5)15-18(19)4)22-14-21(16(2)12-17(22)3)20-10-8-7-9-11-20/h8-15,17H,16H2,1-7H3;3*7-15H,6H2,1-5H3/q4*+1/i2D3,16D2;3D3,6D2;;. The fourth-order valence-electron chi connectivity index (χ4n) is 13.5. The fourth-order valence-corrected chi connectivity index (χ4v) is 13.5. The first-order valence-electron chi connectivity index (χ1n) is 39.8. The SMILES string of the molecule is CCc1c[n+](C)c(-c2cc(-c3ccccc3)c(C)cc2C)cc1C.CCc1cc(-c2cc(-c3ccccc3)c(C)cc2C)[n+](C)cc1C.[2H]C([2H])([2H])c1cc(C)c(-c2cc(C)c(C([2H])([2H])C(C)(C)C)c[n+]2C)cc1-c1ccccc1.[2H]C([2H])([2H])c1cc(C)c(-c2cc(C)c(C([2H])([2H])C)c[n+]2C)cc1-c1ccccc1. The first-order chi connectivity index (χ1) is 51.0. The zero-order valence-electron chi connectivity index (χ0n) is 72.5. The van der Waals surface area contributed by atoms with Crippen molar-refractivity contribution in [2.75, 3.05) is 0 Å². The third kappa shape index (κ3) is 17.6. The molecule has 0 atom stereocenters. The van der Waals surface area contributed by atoms with Crippen molar-refractivity contribution in [3.63, 3.8) is 0 Å². The summed E-state index contributed by atoms with van der Waals surface area (Å²) >= 11 is 0. The molecule has 0 aliphatic rings. The molecule has 4 heteroatoms. The molecule has 4 heterocycles. The molecule has 506 valence electrons. The van der Waals surface area contributed by atoms with E-state index in [4.69, 9.17) is 13.7 Å². The lowest BCUT2D eigenvalue weighted by Gasteiger charge is -2.19. The van der Waals surface area contributed by atoms with Crippen LogP contribution in [0, 0.1) is 88.4 Å². The third-order valence-corrected chi connectivity index (χ3v) is 19.0. The Balaban J connectivity index is 0.000000169. The van der Waals surface area contributed by atoms with E-state index >= 15 is 0 Å². The van der Waals surface area contributed by atoms with Crippen LogP contribution in [-0.2, 0) is 53.8 Å². The average molecular weight is 1320 g/mol. The van der Waals surface area contributed by atoms with E-state index in [0.717, 1.165) is 68.7 Å². The fraction of sp³-hybridized carbons (Fsp3) is 0.284. The van der Waals surface area contributed by atoms with Gasteiger partial charge >= 0.3 is 0 Å². The Bertz CT molecular complexity index is 5260. The smallest absolute Gasteiger partial charge is 0.201 e. The van der Waals surface area contributed by atoms with Crippen molar-refractivity contribution in [2.45, 2.75) is 150 Å². The lowest BCUT2D eigenvalue weighted by molar-refractivity contribution is -0.661. The Morgan fingerprint density at radius 2 is 0.556 bits per heavy atom. The second-order valence-electron chi connectivity index (χ2n) is 27.9. The van der Waals surface area contributed by atoms with Crippen LogP contribution in [0.25, 0.3) is 89.5 Å². The van der Waals surface area contributed by atoms with Crippen LogP contribution in [-0.4, -0.2) is 0 Å². The molecule has 99 heavy (non-hydrogen) atoms. The first kappa shape index (κ1) is 60.5. The minimum absolute atomic E-state index is 0.338. The Morgan fingerprint density at radius 1 is 0.283 bits per heavy atom. The molecule has 12 aromatic rings. The van der Waals surface area contributed by atoms with Gasteiger partial charge in [-0.3, -0.25) is 0 Å². The number of hydrogen-bond donors (Lipinski definition) is 0. The molecule has 4 nitrogen and oxygen atoms in total. The first-order valence-corrected chi connectivity index (χ1v) is 34.8. The van der Waals surface area contributed by atoms with Crippen LogP contribution in [0.2, 0.25) is 0 Å². The summed E-state index contributed by atoms with van der Waals surface area (Å²) in [4.78, 5) is 0. The van der Waals surface area contributed by atoms with Crippen LogP contribution in [0.4, 0.5) is 0 Å². The number of pyridine rings is 4. The van der Waals surface area contributed by atoms with Gasteiger partial charge in [0.2, 0.25) is 22.8 Å². The van der Waals surface area contributed by atoms with Crippen molar-refractivity contribution < 1.29 is 32.0 Å². The van der Waals surface area contributed by atoms with E-state index < -0.39 is 31.9 Å². The maximum atomic E-state index is 8.71. The van der Waals surface area contributed by atoms with E-state index in [1.54, 1.807) is 19.1 Å². The van der Waals surface area contributed by atoms with E-state index in [1.165, 1.54) is 89.3 Å². The third-order valence-electron chi connectivity index (χ3n) is 19.0. The Labute approximate surface area is 610 Å². The van der Waals surface area contributed by atoms with Crippen molar-refractivity contribution in [1.82, 2.24) is 0 Å². The van der Waals surface area contributed by atoms with Crippen molar-refractivity contribution >= 4 is 0 Å². The van der Waals surface area contributed by atoms with Crippen LogP contribution >= 0.6 is 0 Å². The van der Waals surface area contributed by atoms with E-state index in [2.05, 4.69) is 188 Å². The number of hydrogen-bond acceptors (Lipinski definition) is 0. The van der Waals surface area contributed by atoms with Crippen molar-refractivity contribution in [3.8, 4) is 89.5 Å². The molecule has 0 aliphatic carbocycles. The zero-order chi connectivity index (χ0) is 80.2. The van der Waals surface area contributed by atoms with Crippen LogP contribution in [0.1, 0.15) is 144 Å². The highest BCUT2D eigenvalue weighted by atomic mass is 14.9. The highest BCUT2D eigenvalue weighted by Gasteiger charge is 2.24. The van der Waals surface area contributed by atoms with Gasteiger partial charge in [0.05, 0.1) is 0 Å². The van der Waals surface area contributed by atoms with Crippen molar-refractivity contribution in [1.29, 1.82) is 0 Å². The van der Waals surface area contributed by atoms with Gasteiger partial charge < -0.3 is 0 Å². The van der Waals surface area contributed by atoms with E-state index in [0.29, 0.717) is 33.4 Å². The van der Waals surface area contributed by atoms with Gasteiger partial charge in [-0.1, -0.05) is 187 Å². The lowest BCUT2D eigenvalue weighted by Crippen LogP contribution is -2.32. The van der Waals surface area contributed by atoms with Gasteiger partial charge in [0, 0.05) is 82.5 Å². The highest BCUT2D eigenvalue weighted by molar-refractivity contribution is 5.79. The zero-order valence-corrected chi connectivity index (χ0v) is 62.5. The topological polar surface area (TPSA) is 15.5 Å². The summed E-state index contributed by atoms with van der Waals surface area (Å²) in [5.74, 6) is 0. The molecule has 0 amide bonds. The molecule has 0 spiro atoms. The summed E-state index contributed by atoms with van der Waals surface area (Å²) in [7, 11) is 8.10. The predicted molar refractivity (Wildman–Crippen MR) is 422 cm³/mol. The maximum Gasteiger partial charge on any atom is 0.212 e. The average Bonchev–Trinajstić information content (AvgIpc) is 0.762. The molecule has 4 aromatic heterocycles. The molecule has 0 bridgehead atoms. The number of nitrogens with zero attached hydrogens (tertiary/aromatic N) is 4. The summed E-state index contributed by atoms with van der Waals surface area (Å²) in [6, 6.07) is 65.9. The van der Waals surface area contributed by atoms with Gasteiger partial charge in [0.1, 0.15) is 28.2 Å². The molecule has 0 saturated carbocycles. The molecular formula is C95H110N4+4. The summed E-state index contributed by atoms with van der Waals surface area (Å²) < 4.78 is 90.0. The second kappa shape index (κ2) is 32.4. The summed E-state index contributed by atoms with van der Waals surface area (Å²) in [5, 5.41) is 0. The molecule has 12 rings (SSSR count). The van der Waals surface area contributed by atoms with Gasteiger partial charge in [-0.15, -0.1) is 0 Å². The van der Waals surface area contributed by atoms with Crippen LogP contribution < -0.4 is 18.3 Å². The molecule has 0 fully saturated rings. The number of benzene rings is 8. The van der Waals surface area contributed by atoms with Crippen molar-refractivity contribution in [2.24, 2.45) is 33.6 Å². The van der Waals surface area contributed by atoms with E-state index in [1.807, 2.05) is 169 Å². The van der Waals surface area contributed by atoms with Crippen LogP contribution in [0.15, 0.2) is 219 Å². The molecule has 0 aliphatic heterocycles. The minimum Gasteiger partial charge on any atom is -0.201 e. The quantitative estimate of drug-likeness (QED) is 0.108. The maximum absolute atomic E-state index is 8.71. The molecular weight excluding hydrogens is 1200 g/mol. The monoisotopic (exact) mass is 1320 g/mol. The second-order valence-corrected chi connectivity index (χ2v) is 27.9. The minimum atomic E-state index is -2.22. The summed E-state index contributed by atoms with van der Waals surface area (Å²) in [6.07, 6.45) is 7.41. The molecule has 8 aromatic carbocycles. The largest absolute Gasteiger partial charge is 0.212 e. The van der Waals surface area contributed by atoms with Crippen LogP contribution in [0.5, 0.6) is 0 Å². The number of aromatic nitrogens is 4. The number of rotatable bonds is 12. The normalized spacial score (nSPS) is 13.1. The Morgan fingerprint density at radius 3 is 0.879 bits per heavy atom. The molecule has 0 saturated heterocycles. The van der Waals surface area contributed by atoms with Crippen LogP contribution in [0.3, 0.4) is 0 Å². The number of aryl methyl sites for hydroxylation is 19. The van der Waals surface area contributed by atoms with Gasteiger partial charge in [-0.05, 0) is 249 Å². The predicted octanol–water partition coefficient (Wildman–Crippen LogP) is 22.4. The van der Waals surface area contributed by atoms with E-state index in [-0.39, 0.29) is 0 Å². The molecule has 0 radical (unpaired) electrons. The van der Waals surface area contributed by atoms with Gasteiger partial charge in [0.15, 0.2) is 24.8 Å². The van der Waals surface area contributed by atoms with E-state index in [9.17, 15) is 0 Å². The van der Waals surface area contributed by atoms with Gasteiger partial charge in [-0.2, -0.15) is 0 Å². The van der Waals surface area contributed by atoms with Gasteiger partial charge in [-0.25, -0.2) is 18.3 Å². The lowest BCUT2D eigenvalue weighted by atomic mass is 9.86. The summed E-state index contributed by atoms with van der Waals surface area (Å²) in [5.41, 5.74) is 33.0. The summed E-state index contributed by atoms with van der Waals surface area (Å²) in [6.45, 7) is 28.2. The Hall–Kier alpha value is -9.64.